The highest BCUT2D eigenvalue weighted by atomic mass is 28.3. The molecule has 2 atom stereocenters. The van der Waals surface area contributed by atoms with Crippen LogP contribution in [0.3, 0.4) is 0 Å². The molecule has 2 aromatic carbocycles. The van der Waals surface area contributed by atoms with E-state index in [1.165, 1.54) is 12.7 Å². The number of rotatable bonds is 6. The van der Waals surface area contributed by atoms with Crippen LogP contribution in [0.1, 0.15) is 24.1 Å². The molecule has 1 fully saturated rings. The van der Waals surface area contributed by atoms with Gasteiger partial charge in [-0.2, -0.15) is 0 Å². The second-order valence-electron chi connectivity index (χ2n) is 9.50. The third-order valence-electron chi connectivity index (χ3n) is 5.71. The number of benzene rings is 2. The van der Waals surface area contributed by atoms with E-state index in [2.05, 4.69) is 54.5 Å². The van der Waals surface area contributed by atoms with Crippen molar-refractivity contribution >= 4 is 20.0 Å². The monoisotopic (exact) mass is 450 g/mol. The summed E-state index contributed by atoms with van der Waals surface area (Å²) >= 11 is 0. The molecular weight excluding hydrogens is 416 g/mol. The summed E-state index contributed by atoms with van der Waals surface area (Å²) in [6.45, 7) is 9.86. The van der Waals surface area contributed by atoms with Crippen LogP contribution in [0.5, 0.6) is 0 Å². The summed E-state index contributed by atoms with van der Waals surface area (Å²) in [6, 6.07) is 20.2. The van der Waals surface area contributed by atoms with Crippen LogP contribution in [0.2, 0.25) is 19.6 Å². The maximum absolute atomic E-state index is 13.5. The number of carbonyl (C=O) groups is 2. The lowest BCUT2D eigenvalue weighted by Gasteiger charge is -2.35. The molecule has 1 saturated heterocycles. The summed E-state index contributed by atoms with van der Waals surface area (Å²) in [5, 5.41) is 0. The molecule has 0 saturated carbocycles. The molecule has 1 amide bonds. The van der Waals surface area contributed by atoms with Crippen molar-refractivity contribution < 1.29 is 14.3 Å². The first-order valence-corrected chi connectivity index (χ1v) is 14.7. The van der Waals surface area contributed by atoms with Crippen molar-refractivity contribution in [1.29, 1.82) is 0 Å². The van der Waals surface area contributed by atoms with E-state index in [1.54, 1.807) is 4.90 Å². The molecule has 5 nitrogen and oxygen atoms in total. The third-order valence-corrected chi connectivity index (χ3v) is 6.95. The van der Waals surface area contributed by atoms with Gasteiger partial charge in [0.25, 0.3) is 0 Å². The van der Waals surface area contributed by atoms with Gasteiger partial charge in [0.05, 0.1) is 27.3 Å². The van der Waals surface area contributed by atoms with Crippen LogP contribution < -0.4 is 0 Å². The summed E-state index contributed by atoms with van der Waals surface area (Å²) in [5.74, 6) is -0.447. The number of amides is 1. The molecule has 3 rings (SSSR count). The van der Waals surface area contributed by atoms with Gasteiger partial charge in [-0.25, -0.2) is 0 Å². The molecule has 6 heteroatoms. The van der Waals surface area contributed by atoms with Crippen LogP contribution in [0.25, 0.3) is 0 Å². The van der Waals surface area contributed by atoms with Crippen LogP contribution in [-0.4, -0.2) is 56.0 Å². The molecule has 1 aliphatic heterocycles. The van der Waals surface area contributed by atoms with Gasteiger partial charge in [0.1, 0.15) is 6.54 Å². The molecule has 2 aromatic rings. The Balaban J connectivity index is 2.15. The summed E-state index contributed by atoms with van der Waals surface area (Å²) in [6.07, 6.45) is 0. The second-order valence-corrected chi connectivity index (χ2v) is 14.5. The zero-order valence-electron chi connectivity index (χ0n) is 19.7. The van der Waals surface area contributed by atoms with Crippen molar-refractivity contribution in [2.45, 2.75) is 45.2 Å². The predicted octanol–water partition coefficient (Wildman–Crippen LogP) is 4.44. The van der Waals surface area contributed by atoms with Gasteiger partial charge in [-0.3, -0.25) is 14.5 Å². The quantitative estimate of drug-likeness (QED) is 0.482. The molecule has 0 aromatic heterocycles. The topological polar surface area (TPSA) is 49.9 Å². The van der Waals surface area contributed by atoms with E-state index in [1.807, 2.05) is 43.3 Å². The maximum Gasteiger partial charge on any atom is 0.325 e. The number of hydrogen-bond acceptors (Lipinski definition) is 4. The van der Waals surface area contributed by atoms with Gasteiger partial charge in [0.2, 0.25) is 5.91 Å². The maximum atomic E-state index is 13.5. The summed E-state index contributed by atoms with van der Waals surface area (Å²) in [7, 11) is -0.266. The third kappa shape index (κ3) is 5.96. The Kier molecular flexibility index (Phi) is 7.69. The van der Waals surface area contributed by atoms with Crippen molar-refractivity contribution in [3.05, 3.63) is 83.1 Å². The minimum atomic E-state index is -1.63. The van der Waals surface area contributed by atoms with Crippen LogP contribution in [0.15, 0.2) is 71.9 Å². The van der Waals surface area contributed by atoms with E-state index < -0.39 is 20.1 Å². The van der Waals surface area contributed by atoms with Crippen LogP contribution in [-0.2, 0) is 20.9 Å². The Labute approximate surface area is 192 Å². The summed E-state index contributed by atoms with van der Waals surface area (Å²) in [4.78, 5) is 29.6. The molecule has 1 aliphatic rings. The highest BCUT2D eigenvalue weighted by Gasteiger charge is 2.39. The Morgan fingerprint density at radius 2 is 1.66 bits per heavy atom. The average molecular weight is 451 g/mol. The SMILES string of the molecule is COC(=O)CN1C/C(=C\[Si](C)(C)C)C(c2ccccc2)N(Cc2ccccc2)[C@@H](C)C1=O. The predicted molar refractivity (Wildman–Crippen MR) is 131 cm³/mol. The molecule has 1 unspecified atom stereocenters. The molecule has 0 bridgehead atoms. The number of hydrogen-bond donors (Lipinski definition) is 0. The number of methoxy groups -OCH3 is 1. The van der Waals surface area contributed by atoms with Gasteiger partial charge in [-0.1, -0.05) is 86.0 Å². The molecule has 0 aliphatic carbocycles. The van der Waals surface area contributed by atoms with Crippen LogP contribution in [0, 0.1) is 0 Å². The van der Waals surface area contributed by atoms with Crippen molar-refractivity contribution in [1.82, 2.24) is 9.80 Å². The molecular formula is C26H34N2O3Si. The first-order chi connectivity index (χ1) is 15.2. The number of esters is 1. The molecule has 0 spiro atoms. The molecule has 32 heavy (non-hydrogen) atoms. The smallest absolute Gasteiger partial charge is 0.325 e. The molecule has 170 valence electrons. The van der Waals surface area contributed by atoms with E-state index in [9.17, 15) is 9.59 Å². The Bertz CT molecular complexity index is 954. The van der Waals surface area contributed by atoms with E-state index in [4.69, 9.17) is 4.74 Å². The van der Waals surface area contributed by atoms with E-state index in [0.717, 1.165) is 11.1 Å². The second kappa shape index (κ2) is 10.3. The van der Waals surface area contributed by atoms with Gasteiger partial charge in [0.15, 0.2) is 0 Å². The molecule has 1 heterocycles. The Morgan fingerprint density at radius 3 is 2.22 bits per heavy atom. The first kappa shape index (κ1) is 23.9. The highest BCUT2D eigenvalue weighted by Crippen LogP contribution is 2.36. The van der Waals surface area contributed by atoms with E-state index in [-0.39, 0.29) is 18.5 Å². The average Bonchev–Trinajstić information content (AvgIpc) is 2.85. The molecule has 0 radical (unpaired) electrons. The van der Waals surface area contributed by atoms with Crippen LogP contribution >= 0.6 is 0 Å². The van der Waals surface area contributed by atoms with Crippen molar-refractivity contribution in [3.8, 4) is 0 Å². The Morgan fingerprint density at radius 1 is 1.06 bits per heavy atom. The fourth-order valence-electron chi connectivity index (χ4n) is 4.33. The first-order valence-electron chi connectivity index (χ1n) is 11.1. The van der Waals surface area contributed by atoms with Gasteiger partial charge < -0.3 is 9.64 Å². The van der Waals surface area contributed by atoms with Crippen molar-refractivity contribution in [2.75, 3.05) is 20.2 Å². The summed E-state index contributed by atoms with van der Waals surface area (Å²) < 4.78 is 4.89. The minimum absolute atomic E-state index is 0.0383. The normalized spacial score (nSPS) is 21.5. The van der Waals surface area contributed by atoms with E-state index in [0.29, 0.717) is 13.1 Å². The highest BCUT2D eigenvalue weighted by molar-refractivity contribution is 6.81. The largest absolute Gasteiger partial charge is 0.468 e. The van der Waals surface area contributed by atoms with Crippen LogP contribution in [0.4, 0.5) is 0 Å². The number of nitrogens with zero attached hydrogens (tertiary/aromatic N) is 2. The number of ether oxygens (including phenoxy) is 1. The number of carbonyl (C=O) groups excluding carboxylic acids is 2. The van der Waals surface area contributed by atoms with Gasteiger partial charge in [0, 0.05) is 13.1 Å². The lowest BCUT2D eigenvalue weighted by Crippen LogP contribution is -2.46. The standard InChI is InChI=1S/C26H34N2O3Si/c1-20-26(30)27(18-24(29)31-2)17-23(19-32(3,4)5)25(22-14-10-7-11-15-22)28(20)16-21-12-8-6-9-13-21/h6-15,19-20,25H,16-18H2,1-5H3/b23-19+/t20-,25?/m0/s1. The zero-order chi connectivity index (χ0) is 23.3. The van der Waals surface area contributed by atoms with Gasteiger partial charge in [-0.05, 0) is 23.6 Å². The lowest BCUT2D eigenvalue weighted by atomic mass is 9.96. The van der Waals surface area contributed by atoms with Gasteiger partial charge >= 0.3 is 5.97 Å². The lowest BCUT2D eigenvalue weighted by molar-refractivity contribution is -0.148. The zero-order valence-corrected chi connectivity index (χ0v) is 20.7. The fraction of sp³-hybridized carbons (Fsp3) is 0.385. The van der Waals surface area contributed by atoms with Gasteiger partial charge in [-0.15, -0.1) is 0 Å². The van der Waals surface area contributed by atoms with Crippen molar-refractivity contribution in [3.63, 3.8) is 0 Å². The minimum Gasteiger partial charge on any atom is -0.468 e. The fourth-order valence-corrected chi connectivity index (χ4v) is 5.69. The Hall–Kier alpha value is -2.70. The van der Waals surface area contributed by atoms with E-state index >= 15 is 0 Å². The van der Waals surface area contributed by atoms with Crippen molar-refractivity contribution in [2.24, 2.45) is 0 Å². The molecule has 0 N–H and O–H groups in total. The summed E-state index contributed by atoms with van der Waals surface area (Å²) in [5.41, 5.74) is 5.88.